The second-order valence-electron chi connectivity index (χ2n) is 5.07. The second kappa shape index (κ2) is 7.14. The third-order valence-corrected chi connectivity index (χ3v) is 3.61. The summed E-state index contributed by atoms with van der Waals surface area (Å²) < 4.78 is 5.32. The molecule has 2 aromatic carbocycles. The van der Waals surface area contributed by atoms with E-state index < -0.39 is 0 Å². The molecule has 24 heavy (non-hydrogen) atoms. The SMILES string of the molecule is COc1ccccc1Nc1cnnc(Nc2cc(Cl)ccc2C)n1. The van der Waals surface area contributed by atoms with Gasteiger partial charge in [0.25, 0.3) is 0 Å². The lowest BCUT2D eigenvalue weighted by molar-refractivity contribution is 0.417. The van der Waals surface area contributed by atoms with Crippen LogP contribution in [0.15, 0.2) is 48.7 Å². The summed E-state index contributed by atoms with van der Waals surface area (Å²) >= 11 is 6.03. The highest BCUT2D eigenvalue weighted by molar-refractivity contribution is 6.30. The Balaban J connectivity index is 1.83. The van der Waals surface area contributed by atoms with E-state index in [1.54, 1.807) is 13.3 Å². The first-order chi connectivity index (χ1) is 11.7. The fourth-order valence-corrected chi connectivity index (χ4v) is 2.32. The zero-order chi connectivity index (χ0) is 16.9. The summed E-state index contributed by atoms with van der Waals surface area (Å²) in [6.07, 6.45) is 1.54. The van der Waals surface area contributed by atoms with Gasteiger partial charge in [0.15, 0.2) is 5.82 Å². The van der Waals surface area contributed by atoms with Crippen molar-refractivity contribution in [2.24, 2.45) is 0 Å². The highest BCUT2D eigenvalue weighted by Gasteiger charge is 2.07. The van der Waals surface area contributed by atoms with Gasteiger partial charge in [0, 0.05) is 10.7 Å². The van der Waals surface area contributed by atoms with Crippen molar-refractivity contribution in [1.29, 1.82) is 0 Å². The van der Waals surface area contributed by atoms with E-state index in [2.05, 4.69) is 25.8 Å². The van der Waals surface area contributed by atoms with Crippen molar-refractivity contribution in [3.8, 4) is 5.75 Å². The van der Waals surface area contributed by atoms with E-state index in [-0.39, 0.29) is 0 Å². The molecule has 1 heterocycles. The largest absolute Gasteiger partial charge is 0.495 e. The molecule has 0 aliphatic carbocycles. The summed E-state index contributed by atoms with van der Waals surface area (Å²) in [4.78, 5) is 4.42. The highest BCUT2D eigenvalue weighted by atomic mass is 35.5. The molecular weight excluding hydrogens is 326 g/mol. The maximum absolute atomic E-state index is 6.03. The average Bonchev–Trinajstić information content (AvgIpc) is 2.59. The third-order valence-electron chi connectivity index (χ3n) is 3.37. The molecular formula is C17H16ClN5O. The van der Waals surface area contributed by atoms with Crippen LogP contribution in [0.3, 0.4) is 0 Å². The molecule has 122 valence electrons. The Morgan fingerprint density at radius 3 is 2.71 bits per heavy atom. The Bertz CT molecular complexity index is 856. The van der Waals surface area contributed by atoms with Crippen LogP contribution in [0.4, 0.5) is 23.1 Å². The quantitative estimate of drug-likeness (QED) is 0.719. The first-order valence-corrected chi connectivity index (χ1v) is 7.66. The minimum Gasteiger partial charge on any atom is -0.495 e. The van der Waals surface area contributed by atoms with Crippen molar-refractivity contribution in [2.75, 3.05) is 17.7 Å². The van der Waals surface area contributed by atoms with Gasteiger partial charge in [-0.1, -0.05) is 29.8 Å². The maximum Gasteiger partial charge on any atom is 0.249 e. The van der Waals surface area contributed by atoms with Crippen LogP contribution in [0, 0.1) is 6.92 Å². The van der Waals surface area contributed by atoms with Gasteiger partial charge in [-0.15, -0.1) is 5.10 Å². The number of methoxy groups -OCH3 is 1. The molecule has 0 fully saturated rings. The molecule has 0 amide bonds. The summed E-state index contributed by atoms with van der Waals surface area (Å²) in [6, 6.07) is 13.2. The Labute approximate surface area is 144 Å². The average molecular weight is 342 g/mol. The Kier molecular flexibility index (Phi) is 4.77. The van der Waals surface area contributed by atoms with Crippen LogP contribution in [0.1, 0.15) is 5.56 Å². The maximum atomic E-state index is 6.03. The smallest absolute Gasteiger partial charge is 0.249 e. The van der Waals surface area contributed by atoms with Gasteiger partial charge >= 0.3 is 0 Å². The minimum absolute atomic E-state index is 0.375. The lowest BCUT2D eigenvalue weighted by Crippen LogP contribution is -2.03. The summed E-state index contributed by atoms with van der Waals surface area (Å²) in [5.41, 5.74) is 2.66. The van der Waals surface area contributed by atoms with Crippen LogP contribution < -0.4 is 15.4 Å². The van der Waals surface area contributed by atoms with Crippen LogP contribution in [-0.2, 0) is 0 Å². The van der Waals surface area contributed by atoms with Gasteiger partial charge in [-0.05, 0) is 36.8 Å². The first-order valence-electron chi connectivity index (χ1n) is 7.28. The monoisotopic (exact) mass is 341 g/mol. The number of para-hydroxylation sites is 2. The molecule has 3 aromatic rings. The van der Waals surface area contributed by atoms with Gasteiger partial charge in [-0.25, -0.2) is 0 Å². The summed E-state index contributed by atoms with van der Waals surface area (Å²) in [7, 11) is 1.62. The number of rotatable bonds is 5. The molecule has 0 radical (unpaired) electrons. The fourth-order valence-electron chi connectivity index (χ4n) is 2.15. The van der Waals surface area contributed by atoms with Gasteiger partial charge in [0.05, 0.1) is 19.0 Å². The van der Waals surface area contributed by atoms with Crippen LogP contribution in [0.25, 0.3) is 0 Å². The Morgan fingerprint density at radius 2 is 1.88 bits per heavy atom. The molecule has 7 heteroatoms. The van der Waals surface area contributed by atoms with Crippen molar-refractivity contribution in [2.45, 2.75) is 6.92 Å². The minimum atomic E-state index is 0.375. The number of nitrogens with one attached hydrogen (secondary N) is 2. The van der Waals surface area contributed by atoms with Crippen molar-refractivity contribution in [3.05, 3.63) is 59.2 Å². The molecule has 0 aliphatic heterocycles. The van der Waals surface area contributed by atoms with E-state index in [0.29, 0.717) is 16.8 Å². The van der Waals surface area contributed by atoms with Crippen LogP contribution in [0.5, 0.6) is 5.75 Å². The molecule has 0 spiro atoms. The molecule has 0 aliphatic rings. The van der Waals surface area contributed by atoms with Gasteiger partial charge in [0.2, 0.25) is 5.95 Å². The number of hydrogen-bond donors (Lipinski definition) is 2. The molecule has 0 saturated carbocycles. The van der Waals surface area contributed by atoms with E-state index in [1.165, 1.54) is 0 Å². The number of halogens is 1. The lowest BCUT2D eigenvalue weighted by Gasteiger charge is -2.11. The molecule has 0 bridgehead atoms. The fraction of sp³-hybridized carbons (Fsp3) is 0.118. The zero-order valence-corrected chi connectivity index (χ0v) is 14.0. The van der Waals surface area contributed by atoms with E-state index in [4.69, 9.17) is 16.3 Å². The van der Waals surface area contributed by atoms with Crippen molar-refractivity contribution < 1.29 is 4.74 Å². The number of ether oxygens (including phenoxy) is 1. The molecule has 2 N–H and O–H groups in total. The number of anilines is 4. The highest BCUT2D eigenvalue weighted by Crippen LogP contribution is 2.27. The topological polar surface area (TPSA) is 72.0 Å². The van der Waals surface area contributed by atoms with E-state index in [0.717, 1.165) is 22.7 Å². The predicted octanol–water partition coefficient (Wildman–Crippen LogP) is 4.33. The Hall–Kier alpha value is -2.86. The number of aromatic nitrogens is 3. The lowest BCUT2D eigenvalue weighted by atomic mass is 10.2. The van der Waals surface area contributed by atoms with Crippen LogP contribution in [0.2, 0.25) is 5.02 Å². The van der Waals surface area contributed by atoms with Crippen molar-refractivity contribution in [1.82, 2.24) is 15.2 Å². The summed E-state index contributed by atoms with van der Waals surface area (Å²) in [6.45, 7) is 1.98. The number of benzene rings is 2. The normalized spacial score (nSPS) is 10.3. The molecule has 0 atom stereocenters. The molecule has 0 unspecified atom stereocenters. The van der Waals surface area contributed by atoms with Crippen molar-refractivity contribution >= 4 is 34.7 Å². The van der Waals surface area contributed by atoms with Gasteiger partial charge in [-0.3, -0.25) is 0 Å². The Morgan fingerprint density at radius 1 is 1.04 bits per heavy atom. The van der Waals surface area contributed by atoms with E-state index in [1.807, 2.05) is 49.4 Å². The second-order valence-corrected chi connectivity index (χ2v) is 5.51. The molecule has 3 rings (SSSR count). The van der Waals surface area contributed by atoms with E-state index in [9.17, 15) is 0 Å². The van der Waals surface area contributed by atoms with Gasteiger partial charge < -0.3 is 15.4 Å². The van der Waals surface area contributed by atoms with Crippen LogP contribution in [-0.4, -0.2) is 22.3 Å². The number of aryl methyl sites for hydroxylation is 1. The predicted molar refractivity (Wildman–Crippen MR) is 95.6 cm³/mol. The van der Waals surface area contributed by atoms with Crippen molar-refractivity contribution in [3.63, 3.8) is 0 Å². The van der Waals surface area contributed by atoms with Gasteiger partial charge in [0.1, 0.15) is 5.75 Å². The standard InChI is InChI=1S/C17H16ClN5O/c1-11-7-8-12(18)9-14(11)21-17-22-16(10-19-23-17)20-13-5-3-4-6-15(13)24-2/h3-10H,1-2H3,(H2,20,21,22,23). The zero-order valence-electron chi connectivity index (χ0n) is 13.2. The van der Waals surface area contributed by atoms with Crippen LogP contribution >= 0.6 is 11.6 Å². The summed E-state index contributed by atoms with van der Waals surface area (Å²) in [5.74, 6) is 1.65. The van der Waals surface area contributed by atoms with E-state index >= 15 is 0 Å². The molecule has 6 nitrogen and oxygen atoms in total. The number of hydrogen-bond acceptors (Lipinski definition) is 6. The first kappa shape index (κ1) is 16.0. The summed E-state index contributed by atoms with van der Waals surface area (Å²) in [5, 5.41) is 14.9. The molecule has 1 aromatic heterocycles. The number of nitrogens with zero attached hydrogens (tertiary/aromatic N) is 3. The molecule has 0 saturated heterocycles. The third kappa shape index (κ3) is 3.72. The van der Waals surface area contributed by atoms with Gasteiger partial charge in [-0.2, -0.15) is 10.1 Å².